The van der Waals surface area contributed by atoms with Crippen molar-refractivity contribution in [2.24, 2.45) is 4.99 Å². The lowest BCUT2D eigenvalue weighted by molar-refractivity contribution is 0.463. The van der Waals surface area contributed by atoms with Gasteiger partial charge in [-0.05, 0) is 49.4 Å². The Labute approximate surface area is 147 Å². The highest BCUT2D eigenvalue weighted by atomic mass is 32.1. The molecule has 1 saturated heterocycles. The van der Waals surface area contributed by atoms with Crippen LogP contribution in [0.4, 0.5) is 5.00 Å². The lowest BCUT2D eigenvalue weighted by atomic mass is 10.1. The number of aliphatic imine (C=N–C) groups is 1. The number of rotatable bonds is 5. The van der Waals surface area contributed by atoms with Crippen LogP contribution in [0.15, 0.2) is 46.9 Å². The van der Waals surface area contributed by atoms with Crippen LogP contribution in [0.3, 0.4) is 0 Å². The van der Waals surface area contributed by atoms with Gasteiger partial charge in [0.15, 0.2) is 5.96 Å². The number of guanidine groups is 1. The lowest BCUT2D eigenvalue weighted by Crippen LogP contribution is -2.48. The van der Waals surface area contributed by atoms with Gasteiger partial charge < -0.3 is 15.5 Å². The summed E-state index contributed by atoms with van der Waals surface area (Å²) in [6.07, 6.45) is 4.07. The van der Waals surface area contributed by atoms with Gasteiger partial charge in [0, 0.05) is 31.9 Å². The fraction of sp³-hybridized carbons (Fsp3) is 0.444. The van der Waals surface area contributed by atoms with E-state index in [1.165, 1.54) is 5.00 Å². The van der Waals surface area contributed by atoms with Gasteiger partial charge in [0.25, 0.3) is 0 Å². The maximum atomic E-state index is 4.67. The molecule has 5 nitrogen and oxygen atoms in total. The van der Waals surface area contributed by atoms with Crippen LogP contribution < -0.4 is 15.5 Å². The SMILES string of the molecule is CCNC(=NCc1ccccn1)NC1CCN(c2cccs2)CC1. The van der Waals surface area contributed by atoms with E-state index in [2.05, 4.69) is 49.9 Å². The van der Waals surface area contributed by atoms with E-state index >= 15 is 0 Å². The Hall–Kier alpha value is -2.08. The topological polar surface area (TPSA) is 52.6 Å². The quantitative estimate of drug-likeness (QED) is 0.647. The maximum absolute atomic E-state index is 4.67. The molecule has 2 N–H and O–H groups in total. The molecule has 128 valence electrons. The normalized spacial score (nSPS) is 16.2. The summed E-state index contributed by atoms with van der Waals surface area (Å²) in [5, 5.41) is 10.4. The summed E-state index contributed by atoms with van der Waals surface area (Å²) in [7, 11) is 0. The van der Waals surface area contributed by atoms with E-state index < -0.39 is 0 Å². The number of nitrogens with zero attached hydrogens (tertiary/aromatic N) is 3. The zero-order valence-corrected chi connectivity index (χ0v) is 14.9. The molecule has 0 aromatic carbocycles. The first-order valence-electron chi connectivity index (χ1n) is 8.58. The van der Waals surface area contributed by atoms with Crippen molar-refractivity contribution >= 4 is 22.3 Å². The van der Waals surface area contributed by atoms with Gasteiger partial charge in [0.2, 0.25) is 0 Å². The van der Waals surface area contributed by atoms with Gasteiger partial charge in [-0.25, -0.2) is 4.99 Å². The zero-order chi connectivity index (χ0) is 16.6. The van der Waals surface area contributed by atoms with E-state index in [4.69, 9.17) is 0 Å². The summed E-state index contributed by atoms with van der Waals surface area (Å²) in [4.78, 5) is 11.5. The number of aromatic nitrogens is 1. The van der Waals surface area contributed by atoms with Crippen molar-refractivity contribution in [3.05, 3.63) is 47.6 Å². The summed E-state index contributed by atoms with van der Waals surface area (Å²) in [6, 6.07) is 10.7. The average molecular weight is 344 g/mol. The van der Waals surface area contributed by atoms with Crippen LogP contribution in [-0.4, -0.2) is 36.6 Å². The van der Waals surface area contributed by atoms with Crippen LogP contribution in [0.2, 0.25) is 0 Å². The van der Waals surface area contributed by atoms with Gasteiger partial charge in [0.05, 0.1) is 17.2 Å². The maximum Gasteiger partial charge on any atom is 0.191 e. The Balaban J connectivity index is 1.52. The highest BCUT2D eigenvalue weighted by Crippen LogP contribution is 2.24. The molecule has 2 aromatic heterocycles. The summed E-state index contributed by atoms with van der Waals surface area (Å²) < 4.78 is 0. The number of anilines is 1. The third-order valence-corrected chi connectivity index (χ3v) is 5.05. The van der Waals surface area contributed by atoms with Crippen molar-refractivity contribution in [2.75, 3.05) is 24.5 Å². The van der Waals surface area contributed by atoms with Crippen molar-refractivity contribution in [2.45, 2.75) is 32.4 Å². The molecule has 1 fully saturated rings. The van der Waals surface area contributed by atoms with Gasteiger partial charge in [-0.2, -0.15) is 0 Å². The van der Waals surface area contributed by atoms with Crippen molar-refractivity contribution in [1.82, 2.24) is 15.6 Å². The van der Waals surface area contributed by atoms with E-state index in [0.29, 0.717) is 12.6 Å². The fourth-order valence-corrected chi connectivity index (χ4v) is 3.64. The molecule has 1 aliphatic rings. The van der Waals surface area contributed by atoms with E-state index in [1.807, 2.05) is 35.7 Å². The molecule has 1 aliphatic heterocycles. The Bertz CT molecular complexity index is 618. The second-order valence-corrected chi connectivity index (χ2v) is 6.80. The summed E-state index contributed by atoms with van der Waals surface area (Å²) in [5.74, 6) is 0.887. The molecule has 24 heavy (non-hydrogen) atoms. The minimum Gasteiger partial charge on any atom is -0.363 e. The van der Waals surface area contributed by atoms with Crippen LogP contribution in [0, 0.1) is 0 Å². The first-order valence-corrected chi connectivity index (χ1v) is 9.46. The Morgan fingerprint density at radius 3 is 2.83 bits per heavy atom. The van der Waals surface area contributed by atoms with Crippen LogP contribution in [0.5, 0.6) is 0 Å². The van der Waals surface area contributed by atoms with E-state index in [1.54, 1.807) is 0 Å². The molecule has 2 aromatic rings. The number of nitrogens with one attached hydrogen (secondary N) is 2. The molecule has 0 radical (unpaired) electrons. The molecule has 0 saturated carbocycles. The molecular formula is C18H25N5S. The molecule has 0 spiro atoms. The second-order valence-electron chi connectivity index (χ2n) is 5.87. The summed E-state index contributed by atoms with van der Waals surface area (Å²) in [5.41, 5.74) is 0.988. The number of pyridine rings is 1. The van der Waals surface area contributed by atoms with Gasteiger partial charge >= 0.3 is 0 Å². The first kappa shape index (κ1) is 16.8. The average Bonchev–Trinajstić information content (AvgIpc) is 3.16. The largest absolute Gasteiger partial charge is 0.363 e. The van der Waals surface area contributed by atoms with Gasteiger partial charge in [-0.1, -0.05) is 6.07 Å². The summed E-state index contributed by atoms with van der Waals surface area (Å²) in [6.45, 7) is 5.75. The number of hydrogen-bond acceptors (Lipinski definition) is 4. The minimum absolute atomic E-state index is 0.475. The highest BCUT2D eigenvalue weighted by Gasteiger charge is 2.20. The van der Waals surface area contributed by atoms with Crippen LogP contribution >= 0.6 is 11.3 Å². The van der Waals surface area contributed by atoms with Crippen molar-refractivity contribution in [1.29, 1.82) is 0 Å². The van der Waals surface area contributed by atoms with Crippen molar-refractivity contribution in [3.63, 3.8) is 0 Å². The molecule has 0 bridgehead atoms. The predicted molar refractivity (Wildman–Crippen MR) is 102 cm³/mol. The smallest absolute Gasteiger partial charge is 0.191 e. The van der Waals surface area contributed by atoms with Crippen molar-refractivity contribution < 1.29 is 0 Å². The molecule has 3 heterocycles. The van der Waals surface area contributed by atoms with Crippen LogP contribution in [-0.2, 0) is 6.54 Å². The third-order valence-electron chi connectivity index (χ3n) is 4.12. The third kappa shape index (κ3) is 4.71. The predicted octanol–water partition coefficient (Wildman–Crippen LogP) is 2.87. The Morgan fingerprint density at radius 2 is 2.17 bits per heavy atom. The monoisotopic (exact) mass is 343 g/mol. The van der Waals surface area contributed by atoms with E-state index in [9.17, 15) is 0 Å². The molecule has 0 atom stereocenters. The standard InChI is InChI=1S/C18H25N5S/c1-2-19-18(21-14-16-6-3-4-10-20-16)22-15-8-11-23(12-9-15)17-7-5-13-24-17/h3-7,10,13,15H,2,8-9,11-12,14H2,1H3,(H2,19,21,22). The highest BCUT2D eigenvalue weighted by molar-refractivity contribution is 7.14. The summed E-state index contributed by atoms with van der Waals surface area (Å²) >= 11 is 1.82. The van der Waals surface area contributed by atoms with E-state index in [0.717, 1.165) is 44.1 Å². The molecule has 0 aliphatic carbocycles. The van der Waals surface area contributed by atoms with Crippen LogP contribution in [0.1, 0.15) is 25.5 Å². The Morgan fingerprint density at radius 1 is 1.29 bits per heavy atom. The molecule has 6 heteroatoms. The molecule has 3 rings (SSSR count). The second kappa shape index (κ2) is 8.68. The lowest BCUT2D eigenvalue weighted by Gasteiger charge is -2.33. The molecule has 0 amide bonds. The van der Waals surface area contributed by atoms with Crippen LogP contribution in [0.25, 0.3) is 0 Å². The van der Waals surface area contributed by atoms with Gasteiger partial charge in [0.1, 0.15) is 0 Å². The van der Waals surface area contributed by atoms with E-state index in [-0.39, 0.29) is 0 Å². The van der Waals surface area contributed by atoms with Gasteiger partial charge in [-0.15, -0.1) is 11.3 Å². The molecular weight excluding hydrogens is 318 g/mol. The zero-order valence-electron chi connectivity index (χ0n) is 14.1. The van der Waals surface area contributed by atoms with Gasteiger partial charge in [-0.3, -0.25) is 4.98 Å². The minimum atomic E-state index is 0.475. The number of hydrogen-bond donors (Lipinski definition) is 2. The van der Waals surface area contributed by atoms with Crippen molar-refractivity contribution in [3.8, 4) is 0 Å². The number of thiophene rings is 1. The first-order chi connectivity index (χ1) is 11.8. The number of piperidine rings is 1. The fourth-order valence-electron chi connectivity index (χ4n) is 2.86. The Kier molecular flexibility index (Phi) is 6.07. The molecule has 0 unspecified atom stereocenters.